The van der Waals surface area contributed by atoms with E-state index in [0.717, 1.165) is 31.8 Å². The zero-order chi connectivity index (χ0) is 13.8. The van der Waals surface area contributed by atoms with Crippen LogP contribution in [0.3, 0.4) is 0 Å². The van der Waals surface area contributed by atoms with E-state index in [1.165, 1.54) is 57.8 Å². The van der Waals surface area contributed by atoms with Gasteiger partial charge in [-0.2, -0.15) is 0 Å². The molecule has 3 aliphatic rings. The molecule has 3 atom stereocenters. The van der Waals surface area contributed by atoms with Crippen molar-refractivity contribution in [2.45, 2.75) is 82.7 Å². The number of likely N-dealkylation sites (tertiary alicyclic amines) is 1. The largest absolute Gasteiger partial charge is 0.339 e. The first-order valence-electron chi connectivity index (χ1n) is 8.87. The number of piperidine rings is 2. The van der Waals surface area contributed by atoms with Crippen molar-refractivity contribution in [1.29, 1.82) is 0 Å². The Morgan fingerprint density at radius 1 is 1.00 bits per heavy atom. The smallest absolute Gasteiger partial charge is 0.222 e. The zero-order valence-corrected chi connectivity index (χ0v) is 12.8. The van der Waals surface area contributed by atoms with Gasteiger partial charge in [-0.1, -0.05) is 19.3 Å². The minimum absolute atomic E-state index is 0.439. The number of amides is 1. The first kappa shape index (κ1) is 14.4. The summed E-state index contributed by atoms with van der Waals surface area (Å²) in [7, 11) is 0. The van der Waals surface area contributed by atoms with Crippen LogP contribution in [-0.4, -0.2) is 36.0 Å². The summed E-state index contributed by atoms with van der Waals surface area (Å²) in [4.78, 5) is 14.9. The topological polar surface area (TPSA) is 32.3 Å². The van der Waals surface area contributed by atoms with E-state index in [2.05, 4.69) is 10.2 Å². The van der Waals surface area contributed by atoms with Crippen LogP contribution in [0.5, 0.6) is 0 Å². The summed E-state index contributed by atoms with van der Waals surface area (Å²) >= 11 is 0. The fourth-order valence-electron chi connectivity index (χ4n) is 4.55. The normalized spacial score (nSPS) is 34.6. The van der Waals surface area contributed by atoms with E-state index in [1.54, 1.807) is 0 Å². The first-order valence-corrected chi connectivity index (χ1v) is 8.87. The molecule has 3 unspecified atom stereocenters. The van der Waals surface area contributed by atoms with E-state index in [-0.39, 0.29) is 0 Å². The van der Waals surface area contributed by atoms with E-state index >= 15 is 0 Å². The van der Waals surface area contributed by atoms with E-state index in [1.807, 2.05) is 0 Å². The van der Waals surface area contributed by atoms with Crippen LogP contribution in [0.4, 0.5) is 0 Å². The van der Waals surface area contributed by atoms with Crippen LogP contribution in [-0.2, 0) is 4.79 Å². The number of fused-ring (bicyclic) bond motifs is 1. The summed E-state index contributed by atoms with van der Waals surface area (Å²) in [6, 6.07) is 1.18. The van der Waals surface area contributed by atoms with E-state index in [4.69, 9.17) is 0 Å². The molecule has 0 aromatic rings. The van der Waals surface area contributed by atoms with Crippen molar-refractivity contribution in [3.63, 3.8) is 0 Å². The number of hydrogen-bond donors (Lipinski definition) is 1. The van der Waals surface area contributed by atoms with Gasteiger partial charge >= 0.3 is 0 Å². The molecule has 0 aromatic heterocycles. The van der Waals surface area contributed by atoms with Crippen LogP contribution in [0.2, 0.25) is 0 Å². The van der Waals surface area contributed by atoms with Crippen LogP contribution in [0.25, 0.3) is 0 Å². The predicted molar refractivity (Wildman–Crippen MR) is 81.6 cm³/mol. The Bertz CT molecular complexity index is 323. The summed E-state index contributed by atoms with van der Waals surface area (Å²) in [6.07, 6.45) is 13.6. The van der Waals surface area contributed by atoms with Crippen molar-refractivity contribution in [3.05, 3.63) is 0 Å². The molecular weight excluding hydrogens is 248 g/mol. The average molecular weight is 278 g/mol. The molecule has 0 spiro atoms. The van der Waals surface area contributed by atoms with Crippen LogP contribution in [0, 0.1) is 5.92 Å². The molecule has 0 bridgehead atoms. The van der Waals surface area contributed by atoms with Crippen molar-refractivity contribution in [2.24, 2.45) is 5.92 Å². The van der Waals surface area contributed by atoms with Gasteiger partial charge in [0.25, 0.3) is 0 Å². The highest BCUT2D eigenvalue weighted by atomic mass is 16.2. The van der Waals surface area contributed by atoms with Crippen LogP contribution in [0.1, 0.15) is 70.6 Å². The minimum Gasteiger partial charge on any atom is -0.339 e. The molecule has 3 rings (SSSR count). The fraction of sp³-hybridized carbons (Fsp3) is 0.941. The number of rotatable bonds is 3. The Morgan fingerprint density at radius 2 is 1.80 bits per heavy atom. The SMILES string of the molecule is O=C(CCC1CCCCN1)N1CCCC2CCCCC21. The van der Waals surface area contributed by atoms with Crippen molar-refractivity contribution < 1.29 is 4.79 Å². The third-order valence-electron chi connectivity index (χ3n) is 5.68. The number of hydrogen-bond acceptors (Lipinski definition) is 2. The fourth-order valence-corrected chi connectivity index (χ4v) is 4.55. The third-order valence-corrected chi connectivity index (χ3v) is 5.68. The summed E-state index contributed by atoms with van der Waals surface area (Å²) in [5.74, 6) is 1.25. The van der Waals surface area contributed by atoms with Crippen molar-refractivity contribution in [1.82, 2.24) is 10.2 Å². The summed E-state index contributed by atoms with van der Waals surface area (Å²) in [5.41, 5.74) is 0. The average Bonchev–Trinajstić information content (AvgIpc) is 2.53. The lowest BCUT2D eigenvalue weighted by Gasteiger charge is -2.44. The summed E-state index contributed by atoms with van der Waals surface area (Å²) in [6.45, 7) is 2.17. The van der Waals surface area contributed by atoms with E-state index in [0.29, 0.717) is 18.0 Å². The van der Waals surface area contributed by atoms with Gasteiger partial charge in [0.15, 0.2) is 0 Å². The molecule has 0 radical (unpaired) electrons. The Labute approximate surface area is 123 Å². The minimum atomic E-state index is 0.439. The molecule has 114 valence electrons. The van der Waals surface area contributed by atoms with Gasteiger partial charge in [0, 0.05) is 25.0 Å². The molecule has 20 heavy (non-hydrogen) atoms. The van der Waals surface area contributed by atoms with Crippen molar-refractivity contribution in [3.8, 4) is 0 Å². The second kappa shape index (κ2) is 6.93. The van der Waals surface area contributed by atoms with Gasteiger partial charge in [-0.05, 0) is 57.4 Å². The van der Waals surface area contributed by atoms with E-state index < -0.39 is 0 Å². The molecule has 2 heterocycles. The van der Waals surface area contributed by atoms with Gasteiger partial charge in [-0.15, -0.1) is 0 Å². The van der Waals surface area contributed by atoms with Crippen LogP contribution in [0.15, 0.2) is 0 Å². The molecular formula is C17H30N2O. The highest BCUT2D eigenvalue weighted by molar-refractivity contribution is 5.76. The molecule has 2 aliphatic heterocycles. The maximum Gasteiger partial charge on any atom is 0.222 e. The lowest BCUT2D eigenvalue weighted by Crippen LogP contribution is -2.50. The van der Waals surface area contributed by atoms with Gasteiger partial charge < -0.3 is 10.2 Å². The molecule has 3 nitrogen and oxygen atoms in total. The third kappa shape index (κ3) is 3.36. The molecule has 1 saturated carbocycles. The second-order valence-corrected chi connectivity index (χ2v) is 7.03. The quantitative estimate of drug-likeness (QED) is 0.860. The van der Waals surface area contributed by atoms with Gasteiger partial charge in [-0.25, -0.2) is 0 Å². The van der Waals surface area contributed by atoms with Gasteiger partial charge in [0.05, 0.1) is 0 Å². The summed E-state index contributed by atoms with van der Waals surface area (Å²) in [5, 5.41) is 3.56. The number of nitrogens with one attached hydrogen (secondary N) is 1. The predicted octanol–water partition coefficient (Wildman–Crippen LogP) is 3.09. The Balaban J connectivity index is 1.50. The molecule has 3 fully saturated rings. The highest BCUT2D eigenvalue weighted by Crippen LogP contribution is 2.35. The van der Waals surface area contributed by atoms with Gasteiger partial charge in [0.2, 0.25) is 5.91 Å². The first-order chi connectivity index (χ1) is 9.84. The monoisotopic (exact) mass is 278 g/mol. The van der Waals surface area contributed by atoms with E-state index in [9.17, 15) is 4.79 Å². The Kier molecular flexibility index (Phi) is 4.98. The lowest BCUT2D eigenvalue weighted by atomic mass is 9.78. The molecule has 1 N–H and O–H groups in total. The van der Waals surface area contributed by atoms with Crippen LogP contribution < -0.4 is 5.32 Å². The lowest BCUT2D eigenvalue weighted by molar-refractivity contribution is -0.137. The number of nitrogens with zero attached hydrogens (tertiary/aromatic N) is 1. The maximum absolute atomic E-state index is 12.6. The van der Waals surface area contributed by atoms with Gasteiger partial charge in [-0.3, -0.25) is 4.79 Å². The Morgan fingerprint density at radius 3 is 2.65 bits per heavy atom. The highest BCUT2D eigenvalue weighted by Gasteiger charge is 2.35. The molecule has 1 aliphatic carbocycles. The van der Waals surface area contributed by atoms with Crippen molar-refractivity contribution in [2.75, 3.05) is 13.1 Å². The van der Waals surface area contributed by atoms with Crippen molar-refractivity contribution >= 4 is 5.91 Å². The molecule has 0 aromatic carbocycles. The number of carbonyl (C=O) groups is 1. The second-order valence-electron chi connectivity index (χ2n) is 7.03. The van der Waals surface area contributed by atoms with Gasteiger partial charge in [0.1, 0.15) is 0 Å². The van der Waals surface area contributed by atoms with Crippen LogP contribution >= 0.6 is 0 Å². The molecule has 2 saturated heterocycles. The maximum atomic E-state index is 12.6. The number of carbonyl (C=O) groups excluding carboxylic acids is 1. The summed E-state index contributed by atoms with van der Waals surface area (Å²) < 4.78 is 0. The Hall–Kier alpha value is -0.570. The molecule has 1 amide bonds. The standard InChI is InChI=1S/C17H30N2O/c20-17(11-10-15-8-3-4-12-18-15)19-13-5-7-14-6-1-2-9-16(14)19/h14-16,18H,1-13H2. The molecule has 3 heteroatoms. The zero-order valence-electron chi connectivity index (χ0n) is 12.8.